The predicted molar refractivity (Wildman–Crippen MR) is 86.2 cm³/mol. The maximum atomic E-state index is 14.6. The molecule has 0 N–H and O–H groups in total. The standard InChI is InChI=1S/C17H24F12O3/c1-9(2,15(23,24)31-12(7,8)14(20,21)22)10(3,4)30-16(25,26)13(18,19)11(5,6)32-17(27,28)29/h1-8H3. The zero-order chi connectivity index (χ0) is 26.6. The molecule has 0 spiro atoms. The summed E-state index contributed by atoms with van der Waals surface area (Å²) in [5.74, 6) is -5.75. The third-order valence-corrected chi connectivity index (χ3v) is 5.17. The molecule has 0 rings (SSSR count). The van der Waals surface area contributed by atoms with Crippen LogP contribution in [0.15, 0.2) is 0 Å². The quantitative estimate of drug-likeness (QED) is 0.309. The van der Waals surface area contributed by atoms with Crippen LogP contribution in [0.2, 0.25) is 0 Å². The van der Waals surface area contributed by atoms with Crippen molar-refractivity contribution in [3.63, 3.8) is 0 Å². The van der Waals surface area contributed by atoms with Gasteiger partial charge in [0, 0.05) is 0 Å². The lowest BCUT2D eigenvalue weighted by Gasteiger charge is -2.49. The van der Waals surface area contributed by atoms with Crippen LogP contribution in [0.5, 0.6) is 0 Å². The second-order valence-corrected chi connectivity index (χ2v) is 9.01. The Labute approximate surface area is 176 Å². The highest BCUT2D eigenvalue weighted by atomic mass is 19.4. The Morgan fingerprint density at radius 2 is 0.750 bits per heavy atom. The van der Waals surface area contributed by atoms with Crippen molar-refractivity contribution >= 4 is 0 Å². The Morgan fingerprint density at radius 1 is 0.406 bits per heavy atom. The molecule has 0 unspecified atom stereocenters. The van der Waals surface area contributed by atoms with Gasteiger partial charge in [0.05, 0.1) is 11.0 Å². The summed E-state index contributed by atoms with van der Waals surface area (Å²) in [5, 5.41) is 0. The first-order chi connectivity index (χ1) is 13.4. The first-order valence-corrected chi connectivity index (χ1v) is 8.74. The number of alkyl halides is 12. The second kappa shape index (κ2) is 8.07. The van der Waals surface area contributed by atoms with Crippen LogP contribution < -0.4 is 0 Å². The summed E-state index contributed by atoms with van der Waals surface area (Å²) in [6, 6.07) is 0. The molecule has 0 aromatic heterocycles. The lowest BCUT2D eigenvalue weighted by Crippen LogP contribution is -2.65. The molecule has 0 aliphatic carbocycles. The van der Waals surface area contributed by atoms with Crippen molar-refractivity contribution in [1.29, 1.82) is 0 Å². The average Bonchev–Trinajstić information content (AvgIpc) is 2.40. The van der Waals surface area contributed by atoms with Gasteiger partial charge >= 0.3 is 30.7 Å². The minimum atomic E-state index is -5.85. The van der Waals surface area contributed by atoms with Gasteiger partial charge in [0.25, 0.3) is 0 Å². The van der Waals surface area contributed by atoms with E-state index in [0.29, 0.717) is 27.7 Å². The normalized spacial score (nSPS) is 16.5. The van der Waals surface area contributed by atoms with Crippen LogP contribution in [0.25, 0.3) is 0 Å². The fraction of sp³-hybridized carbons (Fsp3) is 1.00. The van der Waals surface area contributed by atoms with E-state index in [2.05, 4.69) is 14.2 Å². The average molecular weight is 504 g/mol. The molecular formula is C17H24F12O3. The molecule has 32 heavy (non-hydrogen) atoms. The molecule has 3 nitrogen and oxygen atoms in total. The number of halogens is 12. The van der Waals surface area contributed by atoms with Gasteiger partial charge in [-0.1, -0.05) is 0 Å². The van der Waals surface area contributed by atoms with Crippen molar-refractivity contribution in [3.05, 3.63) is 0 Å². The zero-order valence-corrected chi connectivity index (χ0v) is 18.3. The van der Waals surface area contributed by atoms with E-state index in [4.69, 9.17) is 0 Å². The first kappa shape index (κ1) is 31.0. The van der Waals surface area contributed by atoms with E-state index in [-0.39, 0.29) is 27.7 Å². The zero-order valence-electron chi connectivity index (χ0n) is 18.3. The number of hydrogen-bond donors (Lipinski definition) is 0. The van der Waals surface area contributed by atoms with Crippen LogP contribution in [0.4, 0.5) is 52.7 Å². The molecule has 0 aromatic rings. The maximum Gasteiger partial charge on any atom is 0.523 e. The number of ether oxygens (including phenoxy) is 3. The molecule has 0 amide bonds. The molecule has 0 fully saturated rings. The van der Waals surface area contributed by atoms with E-state index in [0.717, 1.165) is 0 Å². The van der Waals surface area contributed by atoms with Gasteiger partial charge in [-0.15, -0.1) is 13.2 Å². The van der Waals surface area contributed by atoms with E-state index in [9.17, 15) is 52.7 Å². The lowest BCUT2D eigenvalue weighted by atomic mass is 9.75. The monoisotopic (exact) mass is 504 g/mol. The second-order valence-electron chi connectivity index (χ2n) is 9.01. The Hall–Kier alpha value is -0.960. The number of hydrogen-bond acceptors (Lipinski definition) is 3. The molecular weight excluding hydrogens is 480 g/mol. The maximum absolute atomic E-state index is 14.6. The molecule has 0 atom stereocenters. The summed E-state index contributed by atoms with van der Waals surface area (Å²) < 4.78 is 173. The van der Waals surface area contributed by atoms with E-state index < -0.39 is 52.9 Å². The summed E-state index contributed by atoms with van der Waals surface area (Å²) in [4.78, 5) is 0. The summed E-state index contributed by atoms with van der Waals surface area (Å²) in [5.41, 5.74) is -13.7. The summed E-state index contributed by atoms with van der Waals surface area (Å²) in [6.45, 7) is 1.95. The van der Waals surface area contributed by atoms with Crippen LogP contribution in [0.1, 0.15) is 55.4 Å². The highest BCUT2D eigenvalue weighted by molar-refractivity contribution is 5.00. The fourth-order valence-corrected chi connectivity index (χ4v) is 2.07. The molecule has 194 valence electrons. The van der Waals surface area contributed by atoms with Crippen molar-refractivity contribution < 1.29 is 66.9 Å². The molecule has 0 bridgehead atoms. The van der Waals surface area contributed by atoms with Gasteiger partial charge in [0.2, 0.25) is 0 Å². The molecule has 0 saturated carbocycles. The molecule has 0 heterocycles. The third kappa shape index (κ3) is 5.93. The van der Waals surface area contributed by atoms with Gasteiger partial charge in [-0.05, 0) is 55.4 Å². The van der Waals surface area contributed by atoms with E-state index >= 15 is 0 Å². The fourth-order valence-electron chi connectivity index (χ4n) is 2.07. The Morgan fingerprint density at radius 3 is 1.06 bits per heavy atom. The van der Waals surface area contributed by atoms with Crippen molar-refractivity contribution in [2.45, 2.75) is 103 Å². The SMILES string of the molecule is CC(C)(OC(F)(F)C(C)(C)C(C)(C)OC(F)(F)C(F)(F)C(C)(C)OC(F)(F)F)C(F)(F)F. The largest absolute Gasteiger partial charge is 0.523 e. The highest BCUT2D eigenvalue weighted by Crippen LogP contribution is 2.55. The summed E-state index contributed by atoms with van der Waals surface area (Å²) in [7, 11) is 0. The first-order valence-electron chi connectivity index (χ1n) is 8.74. The third-order valence-electron chi connectivity index (χ3n) is 5.17. The summed E-state index contributed by atoms with van der Waals surface area (Å²) >= 11 is 0. The van der Waals surface area contributed by atoms with E-state index in [1.165, 1.54) is 0 Å². The van der Waals surface area contributed by atoms with Gasteiger partial charge < -0.3 is 9.47 Å². The minimum Gasteiger partial charge on any atom is -0.309 e. The van der Waals surface area contributed by atoms with Crippen molar-refractivity contribution in [2.24, 2.45) is 5.41 Å². The van der Waals surface area contributed by atoms with Gasteiger partial charge in [-0.25, -0.2) is 0 Å². The van der Waals surface area contributed by atoms with Crippen molar-refractivity contribution in [2.75, 3.05) is 0 Å². The number of rotatable bonds is 9. The van der Waals surface area contributed by atoms with Crippen LogP contribution in [0, 0.1) is 5.41 Å². The van der Waals surface area contributed by atoms with Crippen molar-refractivity contribution in [3.8, 4) is 0 Å². The van der Waals surface area contributed by atoms with Crippen molar-refractivity contribution in [1.82, 2.24) is 0 Å². The van der Waals surface area contributed by atoms with Crippen LogP contribution in [-0.4, -0.2) is 47.5 Å². The Kier molecular flexibility index (Phi) is 7.82. The van der Waals surface area contributed by atoms with Gasteiger partial charge in [-0.3, -0.25) is 4.74 Å². The minimum absolute atomic E-state index is 0.0422. The topological polar surface area (TPSA) is 27.7 Å². The van der Waals surface area contributed by atoms with E-state index in [1.54, 1.807) is 0 Å². The van der Waals surface area contributed by atoms with Gasteiger partial charge in [0.1, 0.15) is 5.60 Å². The van der Waals surface area contributed by atoms with Gasteiger partial charge in [-0.2, -0.15) is 39.5 Å². The van der Waals surface area contributed by atoms with E-state index in [1.807, 2.05) is 0 Å². The van der Waals surface area contributed by atoms with Crippen LogP contribution >= 0.6 is 0 Å². The van der Waals surface area contributed by atoms with Crippen LogP contribution in [-0.2, 0) is 14.2 Å². The van der Waals surface area contributed by atoms with Gasteiger partial charge in [0.15, 0.2) is 5.60 Å². The molecule has 0 saturated heterocycles. The molecule has 0 aliphatic rings. The Balaban J connectivity index is 6.14. The molecule has 0 aromatic carbocycles. The molecule has 15 heteroatoms. The summed E-state index contributed by atoms with van der Waals surface area (Å²) in [6.07, 6.45) is -21.9. The lowest BCUT2D eigenvalue weighted by molar-refractivity contribution is -0.468. The predicted octanol–water partition coefficient (Wildman–Crippen LogP) is 7.30. The Bertz CT molecular complexity index is 661. The smallest absolute Gasteiger partial charge is 0.309 e. The highest BCUT2D eigenvalue weighted by Gasteiger charge is 2.73. The molecule has 0 radical (unpaired) electrons. The van der Waals surface area contributed by atoms with Crippen LogP contribution in [0.3, 0.4) is 0 Å². The molecule has 0 aliphatic heterocycles.